The van der Waals surface area contributed by atoms with Crippen LogP contribution in [0.4, 0.5) is 0 Å². The summed E-state index contributed by atoms with van der Waals surface area (Å²) >= 11 is 0. The molecule has 0 saturated heterocycles. The predicted octanol–water partition coefficient (Wildman–Crippen LogP) is 2.42. The second-order valence-corrected chi connectivity index (χ2v) is 6.28. The molecule has 0 aromatic carbocycles. The Labute approximate surface area is 97.7 Å². The molecule has 2 aliphatic rings. The molecule has 0 aromatic heterocycles. The zero-order valence-electron chi connectivity index (χ0n) is 10.4. The van der Waals surface area contributed by atoms with E-state index in [9.17, 15) is 9.90 Å². The number of aliphatic hydroxyl groups is 1. The third kappa shape index (κ3) is 1.55. The van der Waals surface area contributed by atoms with Crippen LogP contribution in [0.1, 0.15) is 33.6 Å². The van der Waals surface area contributed by atoms with Crippen LogP contribution in [-0.2, 0) is 4.79 Å². The van der Waals surface area contributed by atoms with E-state index >= 15 is 0 Å². The largest absolute Gasteiger partial charge is 0.393 e. The molecule has 5 atom stereocenters. The standard InChI is InChI=1S/C14H22O2/c1-5-9-8(2)6-10(15)13-12(9)11(16)7-14(13,3)4/h5,8-10,12-13,15H,1,6-7H2,2-4H3/t8-,9+,10+,12+,13+/m1/s1. The number of rotatable bonds is 1. The van der Waals surface area contributed by atoms with E-state index in [0.29, 0.717) is 18.1 Å². The number of carbonyl (C=O) groups excluding carboxylic acids is 1. The summed E-state index contributed by atoms with van der Waals surface area (Å²) in [5.41, 5.74) is -0.0530. The fourth-order valence-electron chi connectivity index (χ4n) is 4.00. The van der Waals surface area contributed by atoms with Crippen molar-refractivity contribution in [1.29, 1.82) is 0 Å². The fourth-order valence-corrected chi connectivity index (χ4v) is 4.00. The molecular formula is C14H22O2. The van der Waals surface area contributed by atoms with Gasteiger partial charge in [0.15, 0.2) is 0 Å². The van der Waals surface area contributed by atoms with Crippen LogP contribution in [-0.4, -0.2) is 17.0 Å². The first-order valence-electron chi connectivity index (χ1n) is 6.22. The maximum Gasteiger partial charge on any atom is 0.137 e. The van der Waals surface area contributed by atoms with Gasteiger partial charge in [0, 0.05) is 18.3 Å². The number of aliphatic hydroxyl groups excluding tert-OH is 1. The summed E-state index contributed by atoms with van der Waals surface area (Å²) in [6.07, 6.45) is 3.01. The first-order chi connectivity index (χ1) is 7.38. The van der Waals surface area contributed by atoms with Gasteiger partial charge in [0.1, 0.15) is 5.78 Å². The van der Waals surface area contributed by atoms with Crippen LogP contribution >= 0.6 is 0 Å². The maximum absolute atomic E-state index is 12.1. The first kappa shape index (κ1) is 11.8. The van der Waals surface area contributed by atoms with Crippen molar-refractivity contribution in [3.05, 3.63) is 12.7 Å². The van der Waals surface area contributed by atoms with Crippen molar-refractivity contribution in [2.24, 2.45) is 29.1 Å². The molecule has 0 amide bonds. The molecule has 1 N–H and O–H groups in total. The quantitative estimate of drug-likeness (QED) is 0.692. The minimum absolute atomic E-state index is 0.00579. The van der Waals surface area contributed by atoms with Gasteiger partial charge in [0.2, 0.25) is 0 Å². The number of ketones is 1. The van der Waals surface area contributed by atoms with Gasteiger partial charge in [-0.3, -0.25) is 4.79 Å². The highest BCUT2D eigenvalue weighted by atomic mass is 16.3. The normalized spacial score (nSPS) is 46.5. The molecular weight excluding hydrogens is 200 g/mol. The summed E-state index contributed by atoms with van der Waals surface area (Å²) < 4.78 is 0. The van der Waals surface area contributed by atoms with Crippen molar-refractivity contribution in [3.63, 3.8) is 0 Å². The van der Waals surface area contributed by atoms with E-state index < -0.39 is 0 Å². The van der Waals surface area contributed by atoms with Crippen LogP contribution in [0.15, 0.2) is 12.7 Å². The van der Waals surface area contributed by atoms with Gasteiger partial charge in [-0.1, -0.05) is 26.8 Å². The van der Waals surface area contributed by atoms with Gasteiger partial charge in [0.05, 0.1) is 6.10 Å². The van der Waals surface area contributed by atoms with E-state index in [2.05, 4.69) is 27.4 Å². The van der Waals surface area contributed by atoms with Crippen molar-refractivity contribution in [2.45, 2.75) is 39.7 Å². The predicted molar refractivity (Wildman–Crippen MR) is 63.9 cm³/mol. The van der Waals surface area contributed by atoms with Gasteiger partial charge in [0.25, 0.3) is 0 Å². The van der Waals surface area contributed by atoms with Crippen molar-refractivity contribution < 1.29 is 9.90 Å². The van der Waals surface area contributed by atoms with E-state index in [0.717, 1.165) is 6.42 Å². The molecule has 0 bridgehead atoms. The highest BCUT2D eigenvalue weighted by molar-refractivity contribution is 5.85. The molecule has 2 aliphatic carbocycles. The Morgan fingerprint density at radius 1 is 1.50 bits per heavy atom. The number of hydrogen-bond acceptors (Lipinski definition) is 2. The molecule has 2 heteroatoms. The Hall–Kier alpha value is -0.630. The Kier molecular flexibility index (Phi) is 2.73. The Morgan fingerprint density at radius 2 is 2.12 bits per heavy atom. The maximum atomic E-state index is 12.1. The van der Waals surface area contributed by atoms with Crippen molar-refractivity contribution in [3.8, 4) is 0 Å². The average Bonchev–Trinajstić information content (AvgIpc) is 2.37. The SMILES string of the molecule is C=C[C@@H]1[C@H]2C(=O)CC(C)(C)[C@H]2[C@@H](O)C[C@H]1C. The van der Waals surface area contributed by atoms with E-state index in [1.165, 1.54) is 0 Å². The zero-order chi connectivity index (χ0) is 12.1. The van der Waals surface area contributed by atoms with Crippen LogP contribution in [0.3, 0.4) is 0 Å². The first-order valence-corrected chi connectivity index (χ1v) is 6.22. The van der Waals surface area contributed by atoms with Crippen molar-refractivity contribution >= 4 is 5.78 Å². The number of Topliss-reactive ketones (excluding diaryl/α,β-unsaturated/α-hetero) is 1. The molecule has 0 aromatic rings. The molecule has 0 aliphatic heterocycles. The Bertz CT molecular complexity index is 319. The molecule has 2 nitrogen and oxygen atoms in total. The number of allylic oxidation sites excluding steroid dienone is 1. The number of carbonyl (C=O) groups is 1. The minimum Gasteiger partial charge on any atom is -0.393 e. The lowest BCUT2D eigenvalue weighted by Gasteiger charge is -2.43. The van der Waals surface area contributed by atoms with Crippen LogP contribution in [0.25, 0.3) is 0 Å². The Morgan fingerprint density at radius 3 is 2.69 bits per heavy atom. The lowest BCUT2D eigenvalue weighted by atomic mass is 9.62. The van der Waals surface area contributed by atoms with E-state index in [4.69, 9.17) is 0 Å². The van der Waals surface area contributed by atoms with E-state index in [1.807, 2.05) is 6.08 Å². The zero-order valence-corrected chi connectivity index (χ0v) is 10.4. The molecule has 0 heterocycles. The highest BCUT2D eigenvalue weighted by Gasteiger charge is 2.56. The highest BCUT2D eigenvalue weighted by Crippen LogP contribution is 2.54. The molecule has 0 unspecified atom stereocenters. The van der Waals surface area contributed by atoms with Gasteiger partial charge in [-0.2, -0.15) is 0 Å². The van der Waals surface area contributed by atoms with E-state index in [-0.39, 0.29) is 29.3 Å². The van der Waals surface area contributed by atoms with Crippen molar-refractivity contribution in [2.75, 3.05) is 0 Å². The fraction of sp³-hybridized carbons (Fsp3) is 0.786. The van der Waals surface area contributed by atoms with Gasteiger partial charge < -0.3 is 5.11 Å². The number of hydrogen-bond donors (Lipinski definition) is 1. The second kappa shape index (κ2) is 3.69. The summed E-state index contributed by atoms with van der Waals surface area (Å²) in [5, 5.41) is 10.2. The van der Waals surface area contributed by atoms with Gasteiger partial charge in [-0.15, -0.1) is 6.58 Å². The molecule has 2 saturated carbocycles. The minimum atomic E-state index is -0.322. The molecule has 2 fully saturated rings. The topological polar surface area (TPSA) is 37.3 Å². The number of fused-ring (bicyclic) bond motifs is 1. The monoisotopic (exact) mass is 222 g/mol. The molecule has 16 heavy (non-hydrogen) atoms. The summed E-state index contributed by atoms with van der Waals surface area (Å²) in [5.74, 6) is 1.07. The molecule has 0 radical (unpaired) electrons. The van der Waals surface area contributed by atoms with Crippen molar-refractivity contribution in [1.82, 2.24) is 0 Å². The van der Waals surface area contributed by atoms with Crippen LogP contribution in [0, 0.1) is 29.1 Å². The van der Waals surface area contributed by atoms with Crippen LogP contribution in [0.5, 0.6) is 0 Å². The van der Waals surface area contributed by atoms with Gasteiger partial charge >= 0.3 is 0 Å². The summed E-state index contributed by atoms with van der Waals surface area (Å²) in [7, 11) is 0. The van der Waals surface area contributed by atoms with Gasteiger partial charge in [-0.25, -0.2) is 0 Å². The van der Waals surface area contributed by atoms with Crippen LogP contribution < -0.4 is 0 Å². The third-order valence-electron chi connectivity index (χ3n) is 4.66. The smallest absolute Gasteiger partial charge is 0.137 e. The lowest BCUT2D eigenvalue weighted by molar-refractivity contribution is -0.126. The van der Waals surface area contributed by atoms with Crippen LogP contribution in [0.2, 0.25) is 0 Å². The Balaban J connectivity index is 2.38. The molecule has 90 valence electrons. The molecule has 0 spiro atoms. The van der Waals surface area contributed by atoms with Gasteiger partial charge in [-0.05, 0) is 23.7 Å². The molecule has 2 rings (SSSR count). The third-order valence-corrected chi connectivity index (χ3v) is 4.66. The average molecular weight is 222 g/mol. The summed E-state index contributed by atoms with van der Waals surface area (Å²) in [4.78, 5) is 12.1. The lowest BCUT2D eigenvalue weighted by Crippen LogP contribution is -2.44. The summed E-state index contributed by atoms with van der Waals surface area (Å²) in [6, 6.07) is 0. The second-order valence-electron chi connectivity index (χ2n) is 6.28. The summed E-state index contributed by atoms with van der Waals surface area (Å²) in [6.45, 7) is 10.2. The van der Waals surface area contributed by atoms with E-state index in [1.54, 1.807) is 0 Å².